The molecule has 8 aromatic carbocycles. The summed E-state index contributed by atoms with van der Waals surface area (Å²) >= 11 is 0. The van der Waals surface area contributed by atoms with E-state index in [2.05, 4.69) is 0 Å². The van der Waals surface area contributed by atoms with Gasteiger partial charge in [-0.3, -0.25) is 0 Å². The van der Waals surface area contributed by atoms with Gasteiger partial charge < -0.3 is 4.42 Å². The van der Waals surface area contributed by atoms with Gasteiger partial charge in [-0.25, -0.2) is 0 Å². The molecule has 190 valence electrons. The maximum Gasteiger partial charge on any atom is 0.143 e. The van der Waals surface area contributed by atoms with E-state index in [1.54, 1.807) is 0 Å². The molecule has 0 atom stereocenters. The molecule has 0 bridgehead atoms. The molecule has 9 rings (SSSR count). The number of furan rings is 1. The van der Waals surface area contributed by atoms with Gasteiger partial charge in [-0.05, 0) is 72.5 Å². The van der Waals surface area contributed by atoms with E-state index < -0.39 is 84.1 Å². The van der Waals surface area contributed by atoms with Gasteiger partial charge in [-0.15, -0.1) is 0 Å². The van der Waals surface area contributed by atoms with Crippen molar-refractivity contribution in [2.24, 2.45) is 0 Å². The maximum atomic E-state index is 9.74. The molecule has 0 aliphatic carbocycles. The topological polar surface area (TPSA) is 13.1 Å². The predicted octanol–water partition coefficient (Wildman–Crippen LogP) is 11.5. The highest BCUT2D eigenvalue weighted by atomic mass is 16.3. The Hall–Kier alpha value is -5.40. The maximum absolute atomic E-state index is 9.74. The summed E-state index contributed by atoms with van der Waals surface area (Å²) in [5.41, 5.74) is -0.560. The highest BCUT2D eigenvalue weighted by molar-refractivity contribution is 6.27. The summed E-state index contributed by atoms with van der Waals surface area (Å²) in [6.45, 7) is 0. The van der Waals surface area contributed by atoms with E-state index >= 15 is 0 Å². The molecule has 0 unspecified atom stereocenters. The van der Waals surface area contributed by atoms with Crippen LogP contribution < -0.4 is 0 Å². The lowest BCUT2D eigenvalue weighted by atomic mass is 9.87. The molecule has 41 heavy (non-hydrogen) atoms. The van der Waals surface area contributed by atoms with Gasteiger partial charge in [-0.2, -0.15) is 0 Å². The molecule has 1 nitrogen and oxygen atoms in total. The average Bonchev–Trinajstić information content (AvgIpc) is 3.56. The molecule has 0 amide bonds. The Morgan fingerprint density at radius 2 is 1.20 bits per heavy atom. The van der Waals surface area contributed by atoms with Gasteiger partial charge in [-0.1, -0.05) is 127 Å². The van der Waals surface area contributed by atoms with E-state index in [0.29, 0.717) is 16.3 Å². The number of fused-ring (bicyclic) bond motifs is 9. The molecule has 0 aliphatic heterocycles. The summed E-state index contributed by atoms with van der Waals surface area (Å²) < 4.78 is 121. The molecular formula is C40H24O. The molecule has 0 saturated carbocycles. The van der Waals surface area contributed by atoms with Gasteiger partial charge >= 0.3 is 0 Å². The first-order chi connectivity index (χ1) is 25.8. The van der Waals surface area contributed by atoms with Crippen molar-refractivity contribution in [3.05, 3.63) is 145 Å². The van der Waals surface area contributed by atoms with E-state index in [0.717, 1.165) is 21.5 Å². The summed E-state index contributed by atoms with van der Waals surface area (Å²) in [5.74, 6) is 0. The van der Waals surface area contributed by atoms with Crippen LogP contribution in [0.5, 0.6) is 0 Å². The Balaban J connectivity index is 1.63. The van der Waals surface area contributed by atoms with Gasteiger partial charge in [0.15, 0.2) is 0 Å². The fraction of sp³-hybridized carbons (Fsp3) is 0. The lowest BCUT2D eigenvalue weighted by Gasteiger charge is -2.16. The number of benzene rings is 8. The van der Waals surface area contributed by atoms with E-state index in [1.807, 2.05) is 66.7 Å². The van der Waals surface area contributed by atoms with Crippen molar-refractivity contribution in [3.8, 4) is 22.3 Å². The summed E-state index contributed by atoms with van der Waals surface area (Å²) in [4.78, 5) is 0. The third-order valence-electron chi connectivity index (χ3n) is 7.69. The van der Waals surface area contributed by atoms with Crippen molar-refractivity contribution in [1.29, 1.82) is 0 Å². The van der Waals surface area contributed by atoms with E-state index in [1.165, 1.54) is 0 Å². The standard InChI is InChI=1S/C40H24O/c1-2-10-25(11-3-1)32-22-23-34(38-35-21-19-27-13-5-9-17-31(27)39(35)41-40(32)38)37-30-16-8-6-14-28(30)24-36-29-15-7-4-12-26(29)18-20-33(36)37/h1-24H/i1D,2D,3D,5D,9D,10D,11D,13D,17D,19D,21D,22D,23D. The molecule has 0 N–H and O–H groups in total. The van der Waals surface area contributed by atoms with Crippen LogP contribution >= 0.6 is 0 Å². The molecule has 9 aromatic rings. The highest BCUT2D eigenvalue weighted by Crippen LogP contribution is 2.47. The zero-order valence-corrected chi connectivity index (χ0v) is 21.3. The molecule has 0 aliphatic rings. The lowest BCUT2D eigenvalue weighted by molar-refractivity contribution is 0.674. The fourth-order valence-corrected chi connectivity index (χ4v) is 5.91. The van der Waals surface area contributed by atoms with Gasteiger partial charge in [0.2, 0.25) is 0 Å². The Morgan fingerprint density at radius 1 is 0.439 bits per heavy atom. The van der Waals surface area contributed by atoms with Crippen molar-refractivity contribution in [2.75, 3.05) is 0 Å². The van der Waals surface area contributed by atoms with Crippen LogP contribution in [0.1, 0.15) is 17.8 Å². The molecule has 1 aromatic heterocycles. The summed E-state index contributed by atoms with van der Waals surface area (Å²) in [6.07, 6.45) is 0. The van der Waals surface area contributed by atoms with E-state index in [9.17, 15) is 4.11 Å². The van der Waals surface area contributed by atoms with Crippen LogP contribution in [-0.2, 0) is 0 Å². The quantitative estimate of drug-likeness (QED) is 0.159. The number of hydrogen-bond donors (Lipinski definition) is 0. The molecule has 1 heterocycles. The molecule has 1 heteroatoms. The summed E-state index contributed by atoms with van der Waals surface area (Å²) in [6, 6.07) is 13.7. The van der Waals surface area contributed by atoms with Crippen LogP contribution in [0.2, 0.25) is 0 Å². The van der Waals surface area contributed by atoms with Crippen LogP contribution in [0.25, 0.3) is 87.3 Å². The Labute approximate surface area is 255 Å². The molecule has 0 radical (unpaired) electrons. The minimum Gasteiger partial charge on any atom is -0.455 e. The van der Waals surface area contributed by atoms with Gasteiger partial charge in [0.05, 0.1) is 17.8 Å². The van der Waals surface area contributed by atoms with Crippen molar-refractivity contribution in [3.63, 3.8) is 0 Å². The average molecular weight is 534 g/mol. The Kier molecular flexibility index (Phi) is 2.77. The monoisotopic (exact) mass is 533 g/mol. The van der Waals surface area contributed by atoms with Gasteiger partial charge in [0.25, 0.3) is 0 Å². The molecule has 0 saturated heterocycles. The Morgan fingerprint density at radius 3 is 2.10 bits per heavy atom. The lowest BCUT2D eigenvalue weighted by Crippen LogP contribution is -1.89. The first-order valence-corrected chi connectivity index (χ1v) is 13.1. The Bertz CT molecular complexity index is 3170. The first kappa shape index (κ1) is 13.3. The first-order valence-electron chi connectivity index (χ1n) is 19.6. The van der Waals surface area contributed by atoms with Crippen LogP contribution in [-0.4, -0.2) is 0 Å². The largest absolute Gasteiger partial charge is 0.455 e. The van der Waals surface area contributed by atoms with Crippen LogP contribution in [0, 0.1) is 0 Å². The summed E-state index contributed by atoms with van der Waals surface area (Å²) in [7, 11) is 0. The second-order valence-electron chi connectivity index (χ2n) is 9.86. The third kappa shape index (κ3) is 3.24. The second-order valence-corrected chi connectivity index (χ2v) is 9.86. The van der Waals surface area contributed by atoms with Crippen LogP contribution in [0.15, 0.2) is 150 Å². The third-order valence-corrected chi connectivity index (χ3v) is 7.69. The fourth-order valence-electron chi connectivity index (χ4n) is 5.91. The minimum absolute atomic E-state index is 0.0337. The zero-order valence-electron chi connectivity index (χ0n) is 34.3. The smallest absolute Gasteiger partial charge is 0.143 e. The van der Waals surface area contributed by atoms with Crippen molar-refractivity contribution >= 4 is 65.0 Å². The predicted molar refractivity (Wildman–Crippen MR) is 175 cm³/mol. The zero-order chi connectivity index (χ0) is 38.2. The number of hydrogen-bond acceptors (Lipinski definition) is 1. The SMILES string of the molecule is [2H]c1c([2H])c([2H])c(-c2c([2H])c([2H])c(-c3c4ccccc4cc4c3ccc3ccccc34)c3c2oc2c4c([2H])c([2H])c([2H])c([2H])c4c([2H])c([2H])c23)c([2H])c1[2H]. The number of rotatable bonds is 2. The molecule has 0 spiro atoms. The highest BCUT2D eigenvalue weighted by Gasteiger charge is 2.21. The molecular weight excluding hydrogens is 496 g/mol. The van der Waals surface area contributed by atoms with E-state index in [4.69, 9.17) is 18.1 Å². The normalized spacial score (nSPS) is 16.3. The van der Waals surface area contributed by atoms with Crippen molar-refractivity contribution in [2.45, 2.75) is 0 Å². The second kappa shape index (κ2) is 8.55. The van der Waals surface area contributed by atoms with Gasteiger partial charge in [0.1, 0.15) is 11.2 Å². The van der Waals surface area contributed by atoms with E-state index in [-0.39, 0.29) is 43.8 Å². The van der Waals surface area contributed by atoms with Crippen molar-refractivity contribution in [1.82, 2.24) is 0 Å². The van der Waals surface area contributed by atoms with Crippen molar-refractivity contribution < 1.29 is 22.2 Å². The van der Waals surface area contributed by atoms with Crippen LogP contribution in [0.3, 0.4) is 0 Å². The molecule has 0 fully saturated rings. The minimum atomic E-state index is -0.675. The summed E-state index contributed by atoms with van der Waals surface area (Å²) in [5, 5.41) is 4.37. The van der Waals surface area contributed by atoms with Crippen LogP contribution in [0.4, 0.5) is 0 Å². The van der Waals surface area contributed by atoms with Gasteiger partial charge in [0, 0.05) is 21.7 Å².